The van der Waals surface area contributed by atoms with Crippen LogP contribution in [-0.4, -0.2) is 29.7 Å². The van der Waals surface area contributed by atoms with Gasteiger partial charge >= 0.3 is 0 Å². The van der Waals surface area contributed by atoms with Gasteiger partial charge in [0.1, 0.15) is 6.73 Å². The molecule has 92 valence electrons. The fraction of sp³-hybridized carbons (Fsp3) is 0.417. The molecule has 1 fully saturated rings. The third-order valence-electron chi connectivity index (χ3n) is 2.81. The molecule has 0 bridgehead atoms. The van der Waals surface area contributed by atoms with Crippen LogP contribution in [0, 0.1) is 0 Å². The molecule has 0 unspecified atom stereocenters. The van der Waals surface area contributed by atoms with Crippen LogP contribution >= 0.6 is 23.2 Å². The molecule has 17 heavy (non-hydrogen) atoms. The van der Waals surface area contributed by atoms with Crippen molar-refractivity contribution in [1.82, 2.24) is 4.90 Å². The van der Waals surface area contributed by atoms with E-state index in [-0.39, 0.29) is 11.4 Å². The first-order valence-electron chi connectivity index (χ1n) is 5.26. The standard InChI is InChI=1S/C12H13Cl2NO2/c1-12(2)6-17-7-15(12)11(16)9-4-3-8(13)5-10(9)14/h3-5H,6-7H2,1-2H3. The predicted octanol–water partition coefficient (Wildman–Crippen LogP) is 3.20. The molecule has 0 atom stereocenters. The van der Waals surface area contributed by atoms with Gasteiger partial charge in [-0.2, -0.15) is 0 Å². The molecule has 0 saturated carbocycles. The first kappa shape index (κ1) is 12.7. The van der Waals surface area contributed by atoms with Crippen LogP contribution in [0.4, 0.5) is 0 Å². The molecule has 1 aliphatic heterocycles. The van der Waals surface area contributed by atoms with Crippen LogP contribution in [0.15, 0.2) is 18.2 Å². The summed E-state index contributed by atoms with van der Waals surface area (Å²) in [6, 6.07) is 4.87. The molecule has 1 aromatic rings. The smallest absolute Gasteiger partial charge is 0.257 e. The summed E-state index contributed by atoms with van der Waals surface area (Å²) in [4.78, 5) is 14.0. The number of carbonyl (C=O) groups is 1. The summed E-state index contributed by atoms with van der Waals surface area (Å²) < 4.78 is 5.31. The summed E-state index contributed by atoms with van der Waals surface area (Å²) in [7, 11) is 0. The van der Waals surface area contributed by atoms with E-state index in [1.165, 1.54) is 0 Å². The van der Waals surface area contributed by atoms with E-state index >= 15 is 0 Å². The van der Waals surface area contributed by atoms with Gasteiger partial charge in [0.2, 0.25) is 0 Å². The number of carbonyl (C=O) groups excluding carboxylic acids is 1. The van der Waals surface area contributed by atoms with E-state index in [1.54, 1.807) is 23.1 Å². The lowest BCUT2D eigenvalue weighted by Gasteiger charge is -2.29. The first-order valence-corrected chi connectivity index (χ1v) is 6.02. The normalized spacial score (nSPS) is 18.5. The summed E-state index contributed by atoms with van der Waals surface area (Å²) in [6.07, 6.45) is 0. The molecular weight excluding hydrogens is 261 g/mol. The minimum absolute atomic E-state index is 0.130. The lowest BCUT2D eigenvalue weighted by atomic mass is 10.0. The van der Waals surface area contributed by atoms with Gasteiger partial charge < -0.3 is 9.64 Å². The number of amides is 1. The van der Waals surface area contributed by atoms with Crippen molar-refractivity contribution in [2.45, 2.75) is 19.4 Å². The minimum atomic E-state index is -0.306. The second-order valence-corrected chi connectivity index (χ2v) is 5.49. The number of nitrogens with zero attached hydrogens (tertiary/aromatic N) is 1. The topological polar surface area (TPSA) is 29.5 Å². The van der Waals surface area contributed by atoms with E-state index in [4.69, 9.17) is 27.9 Å². The van der Waals surface area contributed by atoms with Crippen molar-refractivity contribution in [1.29, 1.82) is 0 Å². The molecule has 3 nitrogen and oxygen atoms in total. The maximum Gasteiger partial charge on any atom is 0.257 e. The van der Waals surface area contributed by atoms with E-state index in [0.717, 1.165) is 0 Å². The van der Waals surface area contributed by atoms with E-state index < -0.39 is 0 Å². The number of rotatable bonds is 1. The molecule has 1 amide bonds. The maximum absolute atomic E-state index is 12.3. The van der Waals surface area contributed by atoms with Gasteiger partial charge in [-0.1, -0.05) is 23.2 Å². The van der Waals surface area contributed by atoms with Gasteiger partial charge in [-0.05, 0) is 32.0 Å². The maximum atomic E-state index is 12.3. The molecule has 1 aliphatic rings. The molecule has 2 rings (SSSR count). The molecule has 1 aromatic carbocycles. The molecule has 0 N–H and O–H groups in total. The monoisotopic (exact) mass is 273 g/mol. The van der Waals surface area contributed by atoms with Crippen molar-refractivity contribution >= 4 is 29.1 Å². The summed E-state index contributed by atoms with van der Waals surface area (Å²) in [6.45, 7) is 4.75. The minimum Gasteiger partial charge on any atom is -0.359 e. The average molecular weight is 274 g/mol. The zero-order valence-electron chi connectivity index (χ0n) is 9.67. The highest BCUT2D eigenvalue weighted by Crippen LogP contribution is 2.28. The SMILES string of the molecule is CC1(C)COCN1C(=O)c1ccc(Cl)cc1Cl. The van der Waals surface area contributed by atoms with Gasteiger partial charge in [-0.3, -0.25) is 4.79 Å². The largest absolute Gasteiger partial charge is 0.359 e. The third kappa shape index (κ3) is 2.41. The van der Waals surface area contributed by atoms with Crippen molar-refractivity contribution < 1.29 is 9.53 Å². The van der Waals surface area contributed by atoms with Crippen molar-refractivity contribution in [3.05, 3.63) is 33.8 Å². The van der Waals surface area contributed by atoms with Gasteiger partial charge in [0.05, 0.1) is 22.7 Å². The summed E-state index contributed by atoms with van der Waals surface area (Å²) in [5.41, 5.74) is 0.148. The lowest BCUT2D eigenvalue weighted by Crippen LogP contribution is -2.44. The Labute approximate surface area is 110 Å². The number of ether oxygens (including phenoxy) is 1. The Morgan fingerprint density at radius 2 is 2.12 bits per heavy atom. The zero-order chi connectivity index (χ0) is 12.6. The van der Waals surface area contributed by atoms with Crippen LogP contribution in [0.25, 0.3) is 0 Å². The lowest BCUT2D eigenvalue weighted by molar-refractivity contribution is 0.0605. The number of benzene rings is 1. The summed E-state index contributed by atoms with van der Waals surface area (Å²) in [5, 5.41) is 0.883. The zero-order valence-corrected chi connectivity index (χ0v) is 11.2. The molecule has 0 radical (unpaired) electrons. The average Bonchev–Trinajstić information content (AvgIpc) is 2.57. The van der Waals surface area contributed by atoms with Gasteiger partial charge in [-0.15, -0.1) is 0 Å². The van der Waals surface area contributed by atoms with Crippen LogP contribution in [0.5, 0.6) is 0 Å². The third-order valence-corrected chi connectivity index (χ3v) is 3.36. The number of halogens is 2. The molecular formula is C12H13Cl2NO2. The quantitative estimate of drug-likeness (QED) is 0.787. The van der Waals surface area contributed by atoms with Gasteiger partial charge in [0, 0.05) is 5.02 Å². The summed E-state index contributed by atoms with van der Waals surface area (Å²) >= 11 is 11.8. The van der Waals surface area contributed by atoms with E-state index in [9.17, 15) is 4.79 Å². The molecule has 0 spiro atoms. The Hall–Kier alpha value is -0.770. The highest BCUT2D eigenvalue weighted by Gasteiger charge is 2.37. The van der Waals surface area contributed by atoms with Crippen LogP contribution in [0.3, 0.4) is 0 Å². The summed E-state index contributed by atoms with van der Waals surface area (Å²) in [5.74, 6) is -0.130. The Morgan fingerprint density at radius 3 is 2.65 bits per heavy atom. The Kier molecular flexibility index (Phi) is 3.34. The second-order valence-electron chi connectivity index (χ2n) is 4.65. The van der Waals surface area contributed by atoms with Gasteiger partial charge in [0.15, 0.2) is 0 Å². The molecule has 1 heterocycles. The highest BCUT2D eigenvalue weighted by molar-refractivity contribution is 6.36. The molecule has 0 aliphatic carbocycles. The van der Waals surface area contributed by atoms with Gasteiger partial charge in [-0.25, -0.2) is 0 Å². The molecule has 5 heteroatoms. The van der Waals surface area contributed by atoms with Crippen LogP contribution in [0.1, 0.15) is 24.2 Å². The Balaban J connectivity index is 2.31. The van der Waals surface area contributed by atoms with E-state index in [0.29, 0.717) is 28.9 Å². The van der Waals surface area contributed by atoms with Gasteiger partial charge in [0.25, 0.3) is 5.91 Å². The van der Waals surface area contributed by atoms with E-state index in [2.05, 4.69) is 0 Å². The van der Waals surface area contributed by atoms with Crippen molar-refractivity contribution in [3.63, 3.8) is 0 Å². The van der Waals surface area contributed by atoms with Crippen molar-refractivity contribution in [2.24, 2.45) is 0 Å². The first-order chi connectivity index (χ1) is 7.92. The molecule has 1 saturated heterocycles. The molecule has 0 aromatic heterocycles. The van der Waals surface area contributed by atoms with Crippen molar-refractivity contribution in [3.8, 4) is 0 Å². The Morgan fingerprint density at radius 1 is 1.41 bits per heavy atom. The number of hydrogen-bond donors (Lipinski definition) is 0. The fourth-order valence-corrected chi connectivity index (χ4v) is 2.27. The van der Waals surface area contributed by atoms with Crippen LogP contribution in [-0.2, 0) is 4.74 Å². The fourth-order valence-electron chi connectivity index (χ4n) is 1.78. The van der Waals surface area contributed by atoms with Crippen LogP contribution < -0.4 is 0 Å². The van der Waals surface area contributed by atoms with Crippen molar-refractivity contribution in [2.75, 3.05) is 13.3 Å². The Bertz CT molecular complexity index is 460. The second kappa shape index (κ2) is 4.48. The predicted molar refractivity (Wildman–Crippen MR) is 67.5 cm³/mol. The van der Waals surface area contributed by atoms with Crippen LogP contribution in [0.2, 0.25) is 10.0 Å². The number of hydrogen-bond acceptors (Lipinski definition) is 2. The highest BCUT2D eigenvalue weighted by atomic mass is 35.5. The van der Waals surface area contributed by atoms with E-state index in [1.807, 2.05) is 13.8 Å².